The van der Waals surface area contributed by atoms with Crippen LogP contribution < -0.4 is 0 Å². The van der Waals surface area contributed by atoms with Gasteiger partial charge >= 0.3 is 0 Å². The van der Waals surface area contributed by atoms with E-state index >= 15 is 0 Å². The molecule has 164 valence electrons. The fraction of sp³-hybridized carbons (Fsp3) is 0.267. The zero-order chi connectivity index (χ0) is 23.1. The molecule has 0 aromatic heterocycles. The van der Waals surface area contributed by atoms with Crippen molar-refractivity contribution in [2.24, 2.45) is 5.41 Å². The van der Waals surface area contributed by atoms with Crippen LogP contribution in [0.25, 0.3) is 0 Å². The van der Waals surface area contributed by atoms with Crippen molar-refractivity contribution in [3.05, 3.63) is 129 Å². The maximum atomic E-state index is 12.0. The minimum atomic E-state index is -1.28. The summed E-state index contributed by atoms with van der Waals surface area (Å²) in [7, 11) is 0. The van der Waals surface area contributed by atoms with Crippen LogP contribution in [0.15, 0.2) is 107 Å². The Kier molecular flexibility index (Phi) is 5.70. The van der Waals surface area contributed by atoms with Gasteiger partial charge in [-0.25, -0.2) is 0 Å². The molecule has 0 heterocycles. The molecule has 3 aromatic rings. The third kappa shape index (κ3) is 3.26. The van der Waals surface area contributed by atoms with Crippen molar-refractivity contribution in [2.45, 2.75) is 46.3 Å². The average Bonchev–Trinajstić information content (AvgIpc) is 3.00. The summed E-state index contributed by atoms with van der Waals surface area (Å²) in [6, 6.07) is 27.2. The number of aliphatic hydroxyl groups excluding tert-OH is 1. The van der Waals surface area contributed by atoms with E-state index in [1.54, 1.807) is 0 Å². The molecule has 0 saturated heterocycles. The fourth-order valence-corrected chi connectivity index (χ4v) is 5.13. The first-order valence-electron chi connectivity index (χ1n) is 11.2. The minimum absolute atomic E-state index is 0.426. The van der Waals surface area contributed by atoms with E-state index in [0.29, 0.717) is 0 Å². The summed E-state index contributed by atoms with van der Waals surface area (Å²) in [4.78, 5) is 0. The van der Waals surface area contributed by atoms with Gasteiger partial charge in [0.2, 0.25) is 0 Å². The van der Waals surface area contributed by atoms with Gasteiger partial charge in [-0.2, -0.15) is 0 Å². The molecular weight excluding hydrogens is 392 g/mol. The minimum Gasteiger partial charge on any atom is -0.387 e. The number of allylic oxidation sites excluding steroid dienone is 2. The van der Waals surface area contributed by atoms with Crippen LogP contribution in [0.3, 0.4) is 0 Å². The van der Waals surface area contributed by atoms with Gasteiger partial charge in [-0.15, -0.1) is 0 Å². The van der Waals surface area contributed by atoms with Gasteiger partial charge in [-0.05, 0) is 68.0 Å². The first-order chi connectivity index (χ1) is 15.2. The third-order valence-corrected chi connectivity index (χ3v) is 7.82. The van der Waals surface area contributed by atoms with Crippen LogP contribution in [0.1, 0.15) is 63.0 Å². The van der Waals surface area contributed by atoms with Crippen LogP contribution >= 0.6 is 0 Å². The predicted molar refractivity (Wildman–Crippen MR) is 131 cm³/mol. The van der Waals surface area contributed by atoms with Gasteiger partial charge in [0.15, 0.2) is 0 Å². The summed E-state index contributed by atoms with van der Waals surface area (Å²) in [5, 5.41) is 23.4. The molecular formula is C30H32O2. The summed E-state index contributed by atoms with van der Waals surface area (Å²) in [5.74, 6) is 0. The quantitative estimate of drug-likeness (QED) is 0.448. The highest BCUT2D eigenvalue weighted by Gasteiger charge is 2.43. The molecule has 3 aromatic carbocycles. The number of aliphatic hydroxyl groups is 2. The molecule has 2 N–H and O–H groups in total. The van der Waals surface area contributed by atoms with Crippen molar-refractivity contribution >= 4 is 0 Å². The SMILES string of the molecule is CC1=C(C)C(C)(C(O)c2ccc(C(O)(c3ccccc3)c3ccccc3)cc2)C(C)=C1C. The van der Waals surface area contributed by atoms with Crippen LogP contribution in [-0.2, 0) is 5.60 Å². The first kappa shape index (κ1) is 22.3. The summed E-state index contributed by atoms with van der Waals surface area (Å²) in [5.41, 5.74) is 6.51. The van der Waals surface area contributed by atoms with Gasteiger partial charge in [0.1, 0.15) is 5.60 Å². The average molecular weight is 425 g/mol. The second-order valence-electron chi connectivity index (χ2n) is 9.17. The van der Waals surface area contributed by atoms with Crippen LogP contribution in [0, 0.1) is 5.41 Å². The van der Waals surface area contributed by atoms with Crippen molar-refractivity contribution in [3.63, 3.8) is 0 Å². The predicted octanol–water partition coefficient (Wildman–Crippen LogP) is 6.70. The molecule has 0 bridgehead atoms. The second kappa shape index (κ2) is 8.20. The summed E-state index contributed by atoms with van der Waals surface area (Å²) in [6.07, 6.45) is -0.662. The Morgan fingerprint density at radius 1 is 0.625 bits per heavy atom. The smallest absolute Gasteiger partial charge is 0.140 e. The normalized spacial score (nSPS) is 17.1. The molecule has 0 amide bonds. The molecule has 0 saturated carbocycles. The molecule has 0 spiro atoms. The highest BCUT2D eigenvalue weighted by molar-refractivity contribution is 5.53. The lowest BCUT2D eigenvalue weighted by molar-refractivity contribution is 0.0864. The molecule has 2 nitrogen and oxygen atoms in total. The number of hydrogen-bond donors (Lipinski definition) is 2. The van der Waals surface area contributed by atoms with Gasteiger partial charge in [-0.3, -0.25) is 0 Å². The molecule has 0 aliphatic heterocycles. The van der Waals surface area contributed by atoms with Crippen molar-refractivity contribution in [1.29, 1.82) is 0 Å². The van der Waals surface area contributed by atoms with Crippen molar-refractivity contribution < 1.29 is 10.2 Å². The molecule has 0 fully saturated rings. The Bertz CT molecular complexity index is 1110. The van der Waals surface area contributed by atoms with E-state index in [-0.39, 0.29) is 0 Å². The molecule has 1 aliphatic rings. The van der Waals surface area contributed by atoms with Crippen LogP contribution in [0.5, 0.6) is 0 Å². The topological polar surface area (TPSA) is 40.5 Å². The largest absolute Gasteiger partial charge is 0.387 e. The van der Waals surface area contributed by atoms with Gasteiger partial charge in [-0.1, -0.05) is 96.1 Å². The molecule has 0 radical (unpaired) electrons. The second-order valence-corrected chi connectivity index (χ2v) is 9.17. The lowest BCUT2D eigenvalue weighted by Gasteiger charge is -2.35. The number of hydrogen-bond acceptors (Lipinski definition) is 2. The highest BCUT2D eigenvalue weighted by Crippen LogP contribution is 2.53. The maximum absolute atomic E-state index is 12.0. The fourth-order valence-electron chi connectivity index (χ4n) is 5.13. The number of rotatable bonds is 5. The van der Waals surface area contributed by atoms with E-state index < -0.39 is 17.1 Å². The van der Waals surface area contributed by atoms with Crippen molar-refractivity contribution in [1.82, 2.24) is 0 Å². The summed E-state index contributed by atoms with van der Waals surface area (Å²) in [6.45, 7) is 10.6. The van der Waals surface area contributed by atoms with Gasteiger partial charge in [0, 0.05) is 5.41 Å². The van der Waals surface area contributed by atoms with Gasteiger partial charge in [0.25, 0.3) is 0 Å². The van der Waals surface area contributed by atoms with E-state index in [1.807, 2.05) is 84.9 Å². The monoisotopic (exact) mass is 424 g/mol. The van der Waals surface area contributed by atoms with Gasteiger partial charge < -0.3 is 10.2 Å². The summed E-state index contributed by atoms with van der Waals surface area (Å²) >= 11 is 0. The van der Waals surface area contributed by atoms with E-state index in [1.165, 1.54) is 22.3 Å². The van der Waals surface area contributed by atoms with E-state index in [4.69, 9.17) is 0 Å². The first-order valence-corrected chi connectivity index (χ1v) is 11.2. The molecule has 2 heteroatoms. The summed E-state index contributed by atoms with van der Waals surface area (Å²) < 4.78 is 0. The van der Waals surface area contributed by atoms with Crippen molar-refractivity contribution in [3.8, 4) is 0 Å². The van der Waals surface area contributed by atoms with Crippen LogP contribution in [0.4, 0.5) is 0 Å². The number of benzene rings is 3. The van der Waals surface area contributed by atoms with E-state index in [2.05, 4.69) is 34.6 Å². The van der Waals surface area contributed by atoms with E-state index in [9.17, 15) is 10.2 Å². The zero-order valence-electron chi connectivity index (χ0n) is 19.6. The van der Waals surface area contributed by atoms with Crippen molar-refractivity contribution in [2.75, 3.05) is 0 Å². The molecule has 1 aliphatic carbocycles. The Labute approximate surface area is 191 Å². The lowest BCUT2D eigenvalue weighted by Crippen LogP contribution is -2.29. The maximum Gasteiger partial charge on any atom is 0.140 e. The molecule has 1 atom stereocenters. The molecule has 4 rings (SSSR count). The molecule has 32 heavy (non-hydrogen) atoms. The zero-order valence-corrected chi connectivity index (χ0v) is 19.6. The van der Waals surface area contributed by atoms with Crippen LogP contribution in [0.2, 0.25) is 0 Å². The molecule has 1 unspecified atom stereocenters. The standard InChI is InChI=1S/C30H32O2/c1-20-21(2)23(4)29(5,22(20)3)28(31)24-16-18-27(19-17-24)30(32,25-12-8-6-9-13-25)26-14-10-7-11-15-26/h6-19,28,31-32H,1-5H3. The lowest BCUT2D eigenvalue weighted by atomic mass is 9.72. The van der Waals surface area contributed by atoms with Gasteiger partial charge in [0.05, 0.1) is 6.10 Å². The van der Waals surface area contributed by atoms with E-state index in [0.717, 1.165) is 22.3 Å². The highest BCUT2D eigenvalue weighted by atomic mass is 16.3. The Balaban J connectivity index is 1.77. The Morgan fingerprint density at radius 3 is 1.41 bits per heavy atom. The Morgan fingerprint density at radius 2 is 1.00 bits per heavy atom. The Hall–Kier alpha value is -2.94. The van der Waals surface area contributed by atoms with Crippen LogP contribution in [-0.4, -0.2) is 10.2 Å². The third-order valence-electron chi connectivity index (χ3n) is 7.82.